The molecule has 2 N–H and O–H groups in total. The highest BCUT2D eigenvalue weighted by Gasteiger charge is 2.18. The summed E-state index contributed by atoms with van der Waals surface area (Å²) in [5.74, 6) is 0.397. The second kappa shape index (κ2) is 9.11. The average molecular weight is 311 g/mol. The van der Waals surface area contributed by atoms with Gasteiger partial charge in [0.15, 0.2) is 0 Å². The van der Waals surface area contributed by atoms with Gasteiger partial charge in [-0.1, -0.05) is 67.6 Å². The Morgan fingerprint density at radius 3 is 2.00 bits per heavy atom. The first kappa shape index (κ1) is 17.2. The van der Waals surface area contributed by atoms with Crippen molar-refractivity contribution < 1.29 is 9.90 Å². The van der Waals surface area contributed by atoms with Crippen molar-refractivity contribution in [2.24, 2.45) is 5.92 Å². The number of carbonyl (C=O) groups is 1. The Labute approximate surface area is 138 Å². The molecule has 2 aromatic rings. The predicted octanol–water partition coefficient (Wildman–Crippen LogP) is 3.34. The summed E-state index contributed by atoms with van der Waals surface area (Å²) < 4.78 is 0. The summed E-state index contributed by atoms with van der Waals surface area (Å²) in [5.41, 5.74) is 2.30. The molecule has 0 aliphatic rings. The Hall–Kier alpha value is -2.13. The van der Waals surface area contributed by atoms with E-state index in [1.807, 2.05) is 43.3 Å². The molecule has 2 rings (SSSR count). The first-order valence-corrected chi connectivity index (χ1v) is 8.18. The average Bonchev–Trinajstić information content (AvgIpc) is 2.60. The van der Waals surface area contributed by atoms with E-state index in [1.165, 1.54) is 0 Å². The molecule has 0 aliphatic heterocycles. The summed E-state index contributed by atoms with van der Waals surface area (Å²) in [6, 6.07) is 20.3. The highest BCUT2D eigenvalue weighted by atomic mass is 16.3. The van der Waals surface area contributed by atoms with Crippen molar-refractivity contribution in [3.8, 4) is 0 Å². The summed E-state index contributed by atoms with van der Waals surface area (Å²) in [6.45, 7) is 2.80. The van der Waals surface area contributed by atoms with E-state index in [2.05, 4.69) is 29.6 Å². The van der Waals surface area contributed by atoms with Crippen LogP contribution >= 0.6 is 0 Å². The first-order valence-electron chi connectivity index (χ1n) is 8.18. The van der Waals surface area contributed by atoms with Crippen molar-refractivity contribution in [3.63, 3.8) is 0 Å². The molecule has 0 spiro atoms. The largest absolute Gasteiger partial charge is 0.396 e. The number of aliphatic hydroxyl groups is 1. The van der Waals surface area contributed by atoms with E-state index in [9.17, 15) is 4.79 Å². The molecule has 0 aliphatic carbocycles. The van der Waals surface area contributed by atoms with Crippen molar-refractivity contribution in [1.82, 2.24) is 5.32 Å². The van der Waals surface area contributed by atoms with Crippen LogP contribution in [0.15, 0.2) is 60.7 Å². The molecule has 3 nitrogen and oxygen atoms in total. The number of nitrogens with one attached hydrogen (secondary N) is 1. The molecule has 0 heterocycles. The highest BCUT2D eigenvalue weighted by Crippen LogP contribution is 2.27. The molecular weight excluding hydrogens is 286 g/mol. The molecular formula is C20H25NO2. The molecule has 1 unspecified atom stereocenters. The fourth-order valence-electron chi connectivity index (χ4n) is 2.67. The quantitative estimate of drug-likeness (QED) is 0.785. The standard InChI is InChI=1S/C20H25NO2/c1-16(12-13-22)15-21-20(23)14-19(17-8-4-2-5-9-17)18-10-6-3-7-11-18/h2-11,16,19,22H,12-15H2,1H3,(H,21,23). The molecule has 0 radical (unpaired) electrons. The number of carbonyl (C=O) groups excluding carboxylic acids is 1. The maximum Gasteiger partial charge on any atom is 0.220 e. The Balaban J connectivity index is 2.05. The van der Waals surface area contributed by atoms with E-state index in [-0.39, 0.29) is 24.3 Å². The zero-order chi connectivity index (χ0) is 16.5. The van der Waals surface area contributed by atoms with Gasteiger partial charge in [-0.25, -0.2) is 0 Å². The van der Waals surface area contributed by atoms with Gasteiger partial charge in [0.05, 0.1) is 0 Å². The van der Waals surface area contributed by atoms with E-state index < -0.39 is 0 Å². The van der Waals surface area contributed by atoms with Crippen LogP contribution in [0.4, 0.5) is 0 Å². The molecule has 1 atom stereocenters. The maximum absolute atomic E-state index is 12.3. The minimum Gasteiger partial charge on any atom is -0.396 e. The second-order valence-corrected chi connectivity index (χ2v) is 6.00. The summed E-state index contributed by atoms with van der Waals surface area (Å²) in [7, 11) is 0. The number of aliphatic hydroxyl groups excluding tert-OH is 1. The zero-order valence-corrected chi connectivity index (χ0v) is 13.6. The van der Waals surface area contributed by atoms with E-state index >= 15 is 0 Å². The van der Waals surface area contributed by atoms with Crippen molar-refractivity contribution in [2.45, 2.75) is 25.7 Å². The molecule has 0 fully saturated rings. The monoisotopic (exact) mass is 311 g/mol. The fraction of sp³-hybridized carbons (Fsp3) is 0.350. The molecule has 1 amide bonds. The molecule has 0 bridgehead atoms. The van der Waals surface area contributed by atoms with Crippen LogP contribution in [0.5, 0.6) is 0 Å². The lowest BCUT2D eigenvalue weighted by Crippen LogP contribution is -2.30. The zero-order valence-electron chi connectivity index (χ0n) is 13.6. The SMILES string of the molecule is CC(CCO)CNC(=O)CC(c1ccccc1)c1ccccc1. The lowest BCUT2D eigenvalue weighted by Gasteiger charge is -2.19. The van der Waals surface area contributed by atoms with E-state index in [0.29, 0.717) is 19.4 Å². The van der Waals surface area contributed by atoms with Crippen molar-refractivity contribution >= 4 is 5.91 Å². The molecule has 0 saturated carbocycles. The number of benzene rings is 2. The van der Waals surface area contributed by atoms with Crippen LogP contribution in [0.25, 0.3) is 0 Å². The van der Waals surface area contributed by atoms with Crippen molar-refractivity contribution in [2.75, 3.05) is 13.2 Å². The third kappa shape index (κ3) is 5.53. The van der Waals surface area contributed by atoms with Crippen LogP contribution in [0.3, 0.4) is 0 Å². The van der Waals surface area contributed by atoms with Gasteiger partial charge in [-0.05, 0) is 23.5 Å². The van der Waals surface area contributed by atoms with Crippen LogP contribution < -0.4 is 5.32 Å². The molecule has 0 saturated heterocycles. The topological polar surface area (TPSA) is 49.3 Å². The number of hydrogen-bond acceptors (Lipinski definition) is 2. The Bertz CT molecular complexity index is 544. The van der Waals surface area contributed by atoms with Crippen LogP contribution in [0.1, 0.15) is 36.8 Å². The molecule has 2 aromatic carbocycles. The van der Waals surface area contributed by atoms with Crippen LogP contribution in [-0.2, 0) is 4.79 Å². The smallest absolute Gasteiger partial charge is 0.220 e. The molecule has 23 heavy (non-hydrogen) atoms. The van der Waals surface area contributed by atoms with Gasteiger partial charge in [0, 0.05) is 25.5 Å². The predicted molar refractivity (Wildman–Crippen MR) is 93.2 cm³/mol. The van der Waals surface area contributed by atoms with E-state index in [1.54, 1.807) is 0 Å². The van der Waals surface area contributed by atoms with Gasteiger partial charge in [0.2, 0.25) is 5.91 Å². The van der Waals surface area contributed by atoms with Crippen LogP contribution in [0, 0.1) is 5.92 Å². The van der Waals surface area contributed by atoms with Gasteiger partial charge in [0.25, 0.3) is 0 Å². The Kier molecular flexibility index (Phi) is 6.82. The Morgan fingerprint density at radius 1 is 1.00 bits per heavy atom. The van der Waals surface area contributed by atoms with Gasteiger partial charge in [-0.2, -0.15) is 0 Å². The van der Waals surface area contributed by atoms with Gasteiger partial charge < -0.3 is 10.4 Å². The molecule has 0 aromatic heterocycles. The maximum atomic E-state index is 12.3. The normalized spacial score (nSPS) is 12.1. The van der Waals surface area contributed by atoms with E-state index in [4.69, 9.17) is 5.11 Å². The minimum atomic E-state index is 0.0486. The van der Waals surface area contributed by atoms with Gasteiger partial charge in [-0.3, -0.25) is 4.79 Å². The van der Waals surface area contributed by atoms with Crippen LogP contribution in [-0.4, -0.2) is 24.2 Å². The van der Waals surface area contributed by atoms with E-state index in [0.717, 1.165) is 11.1 Å². The first-order chi connectivity index (χ1) is 11.2. The summed E-state index contributed by atoms with van der Waals surface area (Å²) in [4.78, 5) is 12.3. The third-order valence-corrected chi connectivity index (χ3v) is 4.06. The molecule has 122 valence electrons. The van der Waals surface area contributed by atoms with Crippen molar-refractivity contribution in [1.29, 1.82) is 0 Å². The second-order valence-electron chi connectivity index (χ2n) is 6.00. The summed E-state index contributed by atoms with van der Waals surface area (Å²) >= 11 is 0. The van der Waals surface area contributed by atoms with Gasteiger partial charge in [-0.15, -0.1) is 0 Å². The van der Waals surface area contributed by atoms with Gasteiger partial charge >= 0.3 is 0 Å². The highest BCUT2D eigenvalue weighted by molar-refractivity contribution is 5.77. The number of amides is 1. The lowest BCUT2D eigenvalue weighted by atomic mass is 9.88. The third-order valence-electron chi connectivity index (χ3n) is 4.06. The lowest BCUT2D eigenvalue weighted by molar-refractivity contribution is -0.121. The summed E-state index contributed by atoms with van der Waals surface area (Å²) in [6.07, 6.45) is 1.14. The summed E-state index contributed by atoms with van der Waals surface area (Å²) in [5, 5.41) is 11.9. The number of rotatable bonds is 8. The minimum absolute atomic E-state index is 0.0486. The Morgan fingerprint density at radius 2 is 1.52 bits per heavy atom. The number of hydrogen-bond donors (Lipinski definition) is 2. The van der Waals surface area contributed by atoms with Gasteiger partial charge in [0.1, 0.15) is 0 Å². The fourth-order valence-corrected chi connectivity index (χ4v) is 2.67. The molecule has 3 heteroatoms. The van der Waals surface area contributed by atoms with Crippen molar-refractivity contribution in [3.05, 3.63) is 71.8 Å². The van der Waals surface area contributed by atoms with Crippen LogP contribution in [0.2, 0.25) is 0 Å².